The first-order valence-electron chi connectivity index (χ1n) is 4.62. The van der Waals surface area contributed by atoms with Crippen molar-refractivity contribution in [1.82, 2.24) is 9.55 Å². The highest BCUT2D eigenvalue weighted by atomic mass is 19.1. The quantitative estimate of drug-likeness (QED) is 0.702. The van der Waals surface area contributed by atoms with Crippen LogP contribution in [-0.2, 0) is 4.74 Å². The maximum atomic E-state index is 13.1. The minimum absolute atomic E-state index is 0.0772. The number of aromatic nitrogens is 2. The summed E-state index contributed by atoms with van der Waals surface area (Å²) in [6.07, 6.45) is 1.36. The molecule has 0 saturated carbocycles. The van der Waals surface area contributed by atoms with Crippen LogP contribution in [0, 0.1) is 6.92 Å². The number of aryl methyl sites for hydroxylation is 1. The van der Waals surface area contributed by atoms with E-state index in [4.69, 9.17) is 4.74 Å². The molecule has 1 fully saturated rings. The van der Waals surface area contributed by atoms with E-state index in [0.29, 0.717) is 0 Å². The van der Waals surface area contributed by atoms with Crippen molar-refractivity contribution in [3.8, 4) is 0 Å². The van der Waals surface area contributed by atoms with E-state index in [1.54, 1.807) is 13.1 Å². The molecule has 1 aromatic rings. The van der Waals surface area contributed by atoms with Crippen molar-refractivity contribution in [3.05, 3.63) is 40.8 Å². The Hall–Kier alpha value is -1.65. The molecule has 5 heteroatoms. The van der Waals surface area contributed by atoms with Gasteiger partial charge in [-0.3, -0.25) is 4.57 Å². The normalized spacial score (nSPS) is 25.3. The van der Waals surface area contributed by atoms with Gasteiger partial charge in [-0.1, -0.05) is 6.58 Å². The fraction of sp³-hybridized carbons (Fsp3) is 0.400. The molecule has 2 atom stereocenters. The smallest absolute Gasteiger partial charge is 0.350 e. The lowest BCUT2D eigenvalue weighted by molar-refractivity contribution is 0.0936. The molecule has 0 amide bonds. The summed E-state index contributed by atoms with van der Waals surface area (Å²) in [5.41, 5.74) is 0.388. The first-order chi connectivity index (χ1) is 7.08. The molecule has 0 aliphatic carbocycles. The molecule has 0 spiro atoms. The van der Waals surface area contributed by atoms with E-state index in [2.05, 4.69) is 11.6 Å². The molecular formula is C10H11FN2O2. The second-order valence-corrected chi connectivity index (χ2v) is 3.56. The van der Waals surface area contributed by atoms with Gasteiger partial charge in [-0.25, -0.2) is 14.2 Å². The number of allylic oxidation sites excluding steroid dienone is 1. The largest absolute Gasteiger partial charge is 0.472 e. The number of hydrogen-bond acceptors (Lipinski definition) is 3. The fourth-order valence-corrected chi connectivity index (χ4v) is 1.51. The minimum atomic E-state index is -1.21. The van der Waals surface area contributed by atoms with Gasteiger partial charge < -0.3 is 4.74 Å². The van der Waals surface area contributed by atoms with Crippen molar-refractivity contribution in [2.45, 2.75) is 25.7 Å². The molecule has 80 valence electrons. The zero-order valence-corrected chi connectivity index (χ0v) is 8.31. The standard InChI is InChI=1S/C10H11FN2O2/c1-6-4-12-10(14)13(5-6)9-3-8(11)7(2)15-9/h4-5,8-9H,2-3H2,1H3/t8-,9+/m0/s1. The van der Waals surface area contributed by atoms with Crippen LogP contribution in [-0.4, -0.2) is 15.7 Å². The van der Waals surface area contributed by atoms with Gasteiger partial charge in [0, 0.05) is 18.8 Å². The average molecular weight is 210 g/mol. The highest BCUT2D eigenvalue weighted by Gasteiger charge is 2.31. The summed E-state index contributed by atoms with van der Waals surface area (Å²) in [4.78, 5) is 15.0. The van der Waals surface area contributed by atoms with Gasteiger partial charge in [0.15, 0.2) is 12.4 Å². The topological polar surface area (TPSA) is 44.1 Å². The van der Waals surface area contributed by atoms with Crippen LogP contribution in [0.5, 0.6) is 0 Å². The van der Waals surface area contributed by atoms with Gasteiger partial charge in [-0.15, -0.1) is 0 Å². The maximum Gasteiger partial charge on any atom is 0.350 e. The molecule has 0 aromatic carbocycles. The highest BCUT2D eigenvalue weighted by molar-refractivity contribution is 5.04. The Kier molecular flexibility index (Phi) is 2.30. The molecule has 1 aliphatic rings. The molecule has 0 bridgehead atoms. The number of hydrogen-bond donors (Lipinski definition) is 0. The third-order valence-electron chi connectivity index (χ3n) is 2.30. The van der Waals surface area contributed by atoms with Gasteiger partial charge in [-0.05, 0) is 12.5 Å². The number of nitrogens with zero attached hydrogens (tertiary/aromatic N) is 2. The zero-order chi connectivity index (χ0) is 11.0. The average Bonchev–Trinajstić information content (AvgIpc) is 2.51. The van der Waals surface area contributed by atoms with Crippen LogP contribution in [0.3, 0.4) is 0 Å². The third kappa shape index (κ3) is 1.77. The van der Waals surface area contributed by atoms with Crippen molar-refractivity contribution in [2.75, 3.05) is 0 Å². The Morgan fingerprint density at radius 3 is 3.07 bits per heavy atom. The first kappa shape index (κ1) is 9.89. The van der Waals surface area contributed by atoms with Crippen molar-refractivity contribution in [3.63, 3.8) is 0 Å². The Labute approximate surface area is 86.0 Å². The minimum Gasteiger partial charge on any atom is -0.472 e. The van der Waals surface area contributed by atoms with Crippen molar-refractivity contribution >= 4 is 0 Å². The predicted molar refractivity (Wildman–Crippen MR) is 52.0 cm³/mol. The second-order valence-electron chi connectivity index (χ2n) is 3.56. The van der Waals surface area contributed by atoms with E-state index in [1.807, 2.05) is 0 Å². The van der Waals surface area contributed by atoms with Crippen LogP contribution in [0.1, 0.15) is 18.2 Å². The molecule has 2 rings (SSSR count). The second kappa shape index (κ2) is 3.49. The van der Waals surface area contributed by atoms with E-state index in [-0.39, 0.29) is 12.2 Å². The summed E-state index contributed by atoms with van der Waals surface area (Å²) in [6.45, 7) is 5.24. The van der Waals surface area contributed by atoms with Gasteiger partial charge >= 0.3 is 5.69 Å². The van der Waals surface area contributed by atoms with Crippen LogP contribution in [0.15, 0.2) is 29.5 Å². The van der Waals surface area contributed by atoms with Gasteiger partial charge in [-0.2, -0.15) is 0 Å². The van der Waals surface area contributed by atoms with Gasteiger partial charge in [0.25, 0.3) is 0 Å². The lowest BCUT2D eigenvalue weighted by Gasteiger charge is -2.12. The number of ether oxygens (including phenoxy) is 1. The summed E-state index contributed by atoms with van der Waals surface area (Å²) >= 11 is 0. The van der Waals surface area contributed by atoms with Gasteiger partial charge in [0.05, 0.1) is 0 Å². The molecule has 15 heavy (non-hydrogen) atoms. The monoisotopic (exact) mass is 210 g/mol. The molecule has 4 nitrogen and oxygen atoms in total. The van der Waals surface area contributed by atoms with E-state index in [9.17, 15) is 9.18 Å². The van der Waals surface area contributed by atoms with E-state index >= 15 is 0 Å². The number of halogens is 1. The lowest BCUT2D eigenvalue weighted by Crippen LogP contribution is -2.26. The predicted octanol–water partition coefficient (Wildman–Crippen LogP) is 1.32. The lowest BCUT2D eigenvalue weighted by atomic mass is 10.2. The molecular weight excluding hydrogens is 199 g/mol. The molecule has 0 unspecified atom stereocenters. The summed E-state index contributed by atoms with van der Waals surface area (Å²) in [7, 11) is 0. The summed E-state index contributed by atoms with van der Waals surface area (Å²) in [6, 6.07) is 0. The first-order valence-corrected chi connectivity index (χ1v) is 4.62. The maximum absolute atomic E-state index is 13.1. The van der Waals surface area contributed by atoms with Gasteiger partial charge in [0.1, 0.15) is 5.76 Å². The van der Waals surface area contributed by atoms with E-state index in [1.165, 1.54) is 10.8 Å². The number of alkyl halides is 1. The van der Waals surface area contributed by atoms with E-state index in [0.717, 1.165) is 5.56 Å². The molecule has 1 aliphatic heterocycles. The highest BCUT2D eigenvalue weighted by Crippen LogP contribution is 2.31. The third-order valence-corrected chi connectivity index (χ3v) is 2.30. The fourth-order valence-electron chi connectivity index (χ4n) is 1.51. The number of rotatable bonds is 1. The zero-order valence-electron chi connectivity index (χ0n) is 8.31. The molecule has 0 N–H and O–H groups in total. The van der Waals surface area contributed by atoms with Crippen molar-refractivity contribution in [2.24, 2.45) is 0 Å². The van der Waals surface area contributed by atoms with E-state index < -0.39 is 18.1 Å². The summed E-state index contributed by atoms with van der Waals surface area (Å²) < 4.78 is 19.6. The van der Waals surface area contributed by atoms with Crippen LogP contribution >= 0.6 is 0 Å². The Bertz CT molecular complexity index is 455. The molecule has 2 heterocycles. The van der Waals surface area contributed by atoms with Crippen LogP contribution < -0.4 is 5.69 Å². The Morgan fingerprint density at radius 1 is 1.73 bits per heavy atom. The van der Waals surface area contributed by atoms with Crippen LogP contribution in [0.25, 0.3) is 0 Å². The molecule has 1 aromatic heterocycles. The van der Waals surface area contributed by atoms with Crippen LogP contribution in [0.4, 0.5) is 4.39 Å². The summed E-state index contributed by atoms with van der Waals surface area (Å²) in [5, 5.41) is 0. The Balaban J connectivity index is 2.35. The SMILES string of the molecule is C=C1O[C@@H](n2cc(C)cnc2=O)C[C@@H]1F. The van der Waals surface area contributed by atoms with Gasteiger partial charge in [0.2, 0.25) is 0 Å². The van der Waals surface area contributed by atoms with Crippen molar-refractivity contribution in [1.29, 1.82) is 0 Å². The van der Waals surface area contributed by atoms with Crippen molar-refractivity contribution < 1.29 is 9.13 Å². The van der Waals surface area contributed by atoms with Crippen LogP contribution in [0.2, 0.25) is 0 Å². The Morgan fingerprint density at radius 2 is 2.47 bits per heavy atom. The molecule has 1 saturated heterocycles. The summed E-state index contributed by atoms with van der Waals surface area (Å²) in [5.74, 6) is 0.0772. The molecule has 0 radical (unpaired) electrons.